The Balaban J connectivity index is 1.73. The number of carbonyl (C=O) groups excluding carboxylic acids is 1. The third-order valence-electron chi connectivity index (χ3n) is 3.52. The zero-order valence-electron chi connectivity index (χ0n) is 12.9. The summed E-state index contributed by atoms with van der Waals surface area (Å²) in [6, 6.07) is 13.5. The number of non-ortho nitro benzene ring substituents is 1. The minimum Gasteiger partial charge on any atom is -0.346 e. The topological polar surface area (TPSA) is 90.1 Å². The Morgan fingerprint density at radius 3 is 2.76 bits per heavy atom. The molecule has 0 unspecified atom stereocenters. The summed E-state index contributed by atoms with van der Waals surface area (Å²) in [6.07, 6.45) is 1.52. The van der Waals surface area contributed by atoms with Crippen LogP contribution in [0.4, 0.5) is 10.1 Å². The van der Waals surface area contributed by atoms with Crippen molar-refractivity contribution in [3.63, 3.8) is 0 Å². The third-order valence-corrected chi connectivity index (χ3v) is 3.52. The van der Waals surface area contributed by atoms with Crippen LogP contribution in [-0.4, -0.2) is 20.6 Å². The molecule has 3 aromatic rings. The molecular weight excluding hydrogens is 327 g/mol. The molecule has 0 atom stereocenters. The van der Waals surface area contributed by atoms with Gasteiger partial charge in [-0.2, -0.15) is 5.10 Å². The summed E-state index contributed by atoms with van der Waals surface area (Å²) in [4.78, 5) is 22.5. The van der Waals surface area contributed by atoms with Crippen molar-refractivity contribution in [3.05, 3.63) is 88.0 Å². The van der Waals surface area contributed by atoms with Gasteiger partial charge in [0.2, 0.25) is 0 Å². The van der Waals surface area contributed by atoms with Crippen LogP contribution in [0, 0.1) is 15.9 Å². The lowest BCUT2D eigenvalue weighted by molar-refractivity contribution is -0.384. The molecule has 25 heavy (non-hydrogen) atoms. The fourth-order valence-electron chi connectivity index (χ4n) is 2.25. The highest BCUT2D eigenvalue weighted by molar-refractivity contribution is 5.92. The molecule has 0 saturated heterocycles. The van der Waals surface area contributed by atoms with Gasteiger partial charge in [-0.1, -0.05) is 24.3 Å². The quantitative estimate of drug-likeness (QED) is 0.571. The molecule has 1 amide bonds. The van der Waals surface area contributed by atoms with Gasteiger partial charge in [0.25, 0.3) is 11.6 Å². The molecule has 3 rings (SSSR count). The van der Waals surface area contributed by atoms with E-state index in [4.69, 9.17) is 0 Å². The second kappa shape index (κ2) is 6.91. The standard InChI is InChI=1S/C17H13FN4O3/c18-15-7-2-1-4-12(15)11-19-17(23)16-8-9-21(20-16)13-5-3-6-14(10-13)22(24)25/h1-10H,11H2,(H,19,23). The number of hydrogen-bond donors (Lipinski definition) is 1. The van der Waals surface area contributed by atoms with Crippen LogP contribution in [0.25, 0.3) is 5.69 Å². The van der Waals surface area contributed by atoms with Gasteiger partial charge in [0, 0.05) is 30.4 Å². The molecule has 2 aromatic carbocycles. The molecule has 1 heterocycles. The van der Waals surface area contributed by atoms with E-state index in [1.807, 2.05) is 0 Å². The van der Waals surface area contributed by atoms with E-state index in [2.05, 4.69) is 10.4 Å². The lowest BCUT2D eigenvalue weighted by atomic mass is 10.2. The zero-order chi connectivity index (χ0) is 17.8. The predicted molar refractivity (Wildman–Crippen MR) is 87.8 cm³/mol. The number of nitrogens with zero attached hydrogens (tertiary/aromatic N) is 3. The van der Waals surface area contributed by atoms with Crippen LogP contribution in [0.3, 0.4) is 0 Å². The third kappa shape index (κ3) is 3.69. The van der Waals surface area contributed by atoms with Gasteiger partial charge in [-0.3, -0.25) is 14.9 Å². The normalized spacial score (nSPS) is 10.4. The second-order valence-electron chi connectivity index (χ2n) is 5.20. The van der Waals surface area contributed by atoms with Gasteiger partial charge in [0.05, 0.1) is 10.6 Å². The van der Waals surface area contributed by atoms with Crippen molar-refractivity contribution >= 4 is 11.6 Å². The Labute approximate surface area is 141 Å². The van der Waals surface area contributed by atoms with E-state index in [0.29, 0.717) is 11.3 Å². The van der Waals surface area contributed by atoms with E-state index in [-0.39, 0.29) is 17.9 Å². The maximum atomic E-state index is 13.5. The van der Waals surface area contributed by atoms with E-state index in [1.54, 1.807) is 24.3 Å². The molecule has 0 aliphatic carbocycles. The first-order valence-electron chi connectivity index (χ1n) is 7.37. The molecule has 7 nitrogen and oxygen atoms in total. The second-order valence-corrected chi connectivity index (χ2v) is 5.20. The van der Waals surface area contributed by atoms with Gasteiger partial charge in [-0.05, 0) is 18.2 Å². The summed E-state index contributed by atoms with van der Waals surface area (Å²) in [5.74, 6) is -0.864. The number of nitrogens with one attached hydrogen (secondary N) is 1. The van der Waals surface area contributed by atoms with E-state index in [9.17, 15) is 19.3 Å². The molecule has 0 saturated carbocycles. The van der Waals surface area contributed by atoms with Crippen molar-refractivity contribution in [2.24, 2.45) is 0 Å². The summed E-state index contributed by atoms with van der Waals surface area (Å²) < 4.78 is 14.9. The Morgan fingerprint density at radius 2 is 2.00 bits per heavy atom. The summed E-state index contributed by atoms with van der Waals surface area (Å²) in [5, 5.41) is 17.5. The van der Waals surface area contributed by atoms with Gasteiger partial charge in [-0.15, -0.1) is 0 Å². The van der Waals surface area contributed by atoms with Crippen LogP contribution in [0.1, 0.15) is 16.1 Å². The highest BCUT2D eigenvalue weighted by Crippen LogP contribution is 2.16. The predicted octanol–water partition coefficient (Wildman–Crippen LogP) is 2.85. The lowest BCUT2D eigenvalue weighted by Gasteiger charge is -2.04. The molecule has 0 aliphatic rings. The Morgan fingerprint density at radius 1 is 1.20 bits per heavy atom. The molecule has 8 heteroatoms. The van der Waals surface area contributed by atoms with Crippen LogP contribution in [0.5, 0.6) is 0 Å². The van der Waals surface area contributed by atoms with Crippen molar-refractivity contribution in [2.45, 2.75) is 6.54 Å². The molecule has 1 N–H and O–H groups in total. The minimum atomic E-state index is -0.505. The Bertz CT molecular complexity index is 939. The van der Waals surface area contributed by atoms with Crippen LogP contribution in [0.2, 0.25) is 0 Å². The number of amides is 1. The van der Waals surface area contributed by atoms with Gasteiger partial charge in [0.1, 0.15) is 5.82 Å². The minimum absolute atomic E-state index is 0.0369. The van der Waals surface area contributed by atoms with Gasteiger partial charge in [-0.25, -0.2) is 9.07 Å². The average Bonchev–Trinajstić information content (AvgIpc) is 3.11. The number of halogens is 1. The number of hydrogen-bond acceptors (Lipinski definition) is 4. The van der Waals surface area contributed by atoms with Crippen molar-refractivity contribution < 1.29 is 14.1 Å². The van der Waals surface area contributed by atoms with E-state index >= 15 is 0 Å². The first-order chi connectivity index (χ1) is 12.0. The van der Waals surface area contributed by atoms with Gasteiger partial charge in [0.15, 0.2) is 5.69 Å². The number of rotatable bonds is 5. The van der Waals surface area contributed by atoms with Crippen molar-refractivity contribution in [1.29, 1.82) is 0 Å². The fourth-order valence-corrected chi connectivity index (χ4v) is 2.25. The molecule has 1 aromatic heterocycles. The highest BCUT2D eigenvalue weighted by Gasteiger charge is 2.12. The SMILES string of the molecule is O=C(NCc1ccccc1F)c1ccn(-c2cccc([N+](=O)[O-])c2)n1. The van der Waals surface area contributed by atoms with Crippen LogP contribution < -0.4 is 5.32 Å². The van der Waals surface area contributed by atoms with E-state index in [1.165, 1.54) is 41.2 Å². The van der Waals surface area contributed by atoms with Gasteiger partial charge < -0.3 is 5.32 Å². The van der Waals surface area contributed by atoms with Crippen LogP contribution >= 0.6 is 0 Å². The molecule has 0 spiro atoms. The maximum absolute atomic E-state index is 13.5. The van der Waals surface area contributed by atoms with Crippen molar-refractivity contribution in [2.75, 3.05) is 0 Å². The molecule has 0 bridgehead atoms. The average molecular weight is 340 g/mol. The fraction of sp³-hybridized carbons (Fsp3) is 0.0588. The molecule has 126 valence electrons. The molecule has 0 fully saturated rings. The van der Waals surface area contributed by atoms with E-state index in [0.717, 1.165) is 0 Å². The summed E-state index contributed by atoms with van der Waals surface area (Å²) in [5.41, 5.74) is 0.887. The zero-order valence-corrected chi connectivity index (χ0v) is 12.9. The maximum Gasteiger partial charge on any atom is 0.272 e. The number of nitro benzene ring substituents is 1. The number of nitro groups is 1. The number of aromatic nitrogens is 2. The smallest absolute Gasteiger partial charge is 0.272 e. The summed E-state index contributed by atoms with van der Waals surface area (Å²) in [7, 11) is 0. The van der Waals surface area contributed by atoms with Gasteiger partial charge >= 0.3 is 0 Å². The summed E-state index contributed by atoms with van der Waals surface area (Å²) in [6.45, 7) is 0.0369. The molecule has 0 aliphatic heterocycles. The summed E-state index contributed by atoms with van der Waals surface area (Å²) >= 11 is 0. The first kappa shape index (κ1) is 16.3. The molecular formula is C17H13FN4O3. The first-order valence-corrected chi connectivity index (χ1v) is 7.37. The lowest BCUT2D eigenvalue weighted by Crippen LogP contribution is -2.24. The van der Waals surface area contributed by atoms with Crippen molar-refractivity contribution in [3.8, 4) is 5.69 Å². The molecule has 0 radical (unpaired) electrons. The monoisotopic (exact) mass is 340 g/mol. The Kier molecular flexibility index (Phi) is 4.51. The number of carbonyl (C=O) groups is 1. The van der Waals surface area contributed by atoms with Crippen molar-refractivity contribution in [1.82, 2.24) is 15.1 Å². The van der Waals surface area contributed by atoms with E-state index < -0.39 is 16.6 Å². The van der Waals surface area contributed by atoms with Crippen LogP contribution in [0.15, 0.2) is 60.8 Å². The Hall–Kier alpha value is -3.55. The number of benzene rings is 2. The van der Waals surface area contributed by atoms with Crippen LogP contribution in [-0.2, 0) is 6.54 Å². The highest BCUT2D eigenvalue weighted by atomic mass is 19.1. The largest absolute Gasteiger partial charge is 0.346 e.